The SMILES string of the molecule is O=C(O)C(Cc1cccc(Br)c1)C1CC1c1ccccc1. The monoisotopic (exact) mass is 344 g/mol. The van der Waals surface area contributed by atoms with E-state index < -0.39 is 5.97 Å². The van der Waals surface area contributed by atoms with Gasteiger partial charge in [0.25, 0.3) is 0 Å². The van der Waals surface area contributed by atoms with Gasteiger partial charge in [-0.25, -0.2) is 0 Å². The smallest absolute Gasteiger partial charge is 0.307 e. The van der Waals surface area contributed by atoms with Crippen molar-refractivity contribution in [3.8, 4) is 0 Å². The molecule has 3 heteroatoms. The van der Waals surface area contributed by atoms with E-state index in [2.05, 4.69) is 28.1 Å². The number of aliphatic carboxylic acids is 1. The van der Waals surface area contributed by atoms with Gasteiger partial charge in [0.15, 0.2) is 0 Å². The summed E-state index contributed by atoms with van der Waals surface area (Å²) in [7, 11) is 0. The lowest BCUT2D eigenvalue weighted by Gasteiger charge is -2.13. The zero-order valence-corrected chi connectivity index (χ0v) is 13.2. The number of carboxylic acids is 1. The van der Waals surface area contributed by atoms with Crippen LogP contribution in [-0.4, -0.2) is 11.1 Å². The zero-order chi connectivity index (χ0) is 14.8. The summed E-state index contributed by atoms with van der Waals surface area (Å²) in [4.78, 5) is 11.6. The fourth-order valence-corrected chi connectivity index (χ4v) is 3.53. The van der Waals surface area contributed by atoms with Crippen molar-refractivity contribution in [2.45, 2.75) is 18.8 Å². The molecule has 0 spiro atoms. The summed E-state index contributed by atoms with van der Waals surface area (Å²) < 4.78 is 1.000. The van der Waals surface area contributed by atoms with Crippen LogP contribution in [0, 0.1) is 11.8 Å². The van der Waals surface area contributed by atoms with Crippen molar-refractivity contribution < 1.29 is 9.90 Å². The molecule has 0 saturated heterocycles. The molecular weight excluding hydrogens is 328 g/mol. The summed E-state index contributed by atoms with van der Waals surface area (Å²) in [5.41, 5.74) is 2.35. The molecule has 108 valence electrons. The van der Waals surface area contributed by atoms with Gasteiger partial charge >= 0.3 is 5.97 Å². The largest absolute Gasteiger partial charge is 0.481 e. The van der Waals surface area contributed by atoms with Gasteiger partial charge < -0.3 is 5.11 Å². The number of halogens is 1. The number of hydrogen-bond acceptors (Lipinski definition) is 1. The highest BCUT2D eigenvalue weighted by Gasteiger charge is 2.46. The van der Waals surface area contributed by atoms with E-state index in [1.54, 1.807) is 0 Å². The minimum Gasteiger partial charge on any atom is -0.481 e. The first-order chi connectivity index (χ1) is 10.1. The Bertz CT molecular complexity index is 639. The molecule has 1 aliphatic carbocycles. The summed E-state index contributed by atoms with van der Waals surface area (Å²) in [6.45, 7) is 0. The van der Waals surface area contributed by atoms with Crippen LogP contribution in [0.1, 0.15) is 23.5 Å². The number of carbonyl (C=O) groups is 1. The second-order valence-electron chi connectivity index (χ2n) is 5.70. The number of rotatable bonds is 5. The van der Waals surface area contributed by atoms with Gasteiger partial charge in [0.05, 0.1) is 5.92 Å². The zero-order valence-electron chi connectivity index (χ0n) is 11.6. The van der Waals surface area contributed by atoms with Crippen molar-refractivity contribution in [2.24, 2.45) is 11.8 Å². The Morgan fingerprint density at radius 3 is 2.62 bits per heavy atom. The lowest BCUT2D eigenvalue weighted by atomic mass is 9.92. The van der Waals surface area contributed by atoms with Gasteiger partial charge in [-0.3, -0.25) is 4.79 Å². The quantitative estimate of drug-likeness (QED) is 0.867. The van der Waals surface area contributed by atoms with Crippen LogP contribution in [0.3, 0.4) is 0 Å². The third-order valence-electron chi connectivity index (χ3n) is 4.25. The Morgan fingerprint density at radius 1 is 1.19 bits per heavy atom. The van der Waals surface area contributed by atoms with Crippen molar-refractivity contribution in [2.75, 3.05) is 0 Å². The Hall–Kier alpha value is -1.61. The number of carboxylic acid groups (broad SMARTS) is 1. The molecule has 0 aromatic heterocycles. The van der Waals surface area contributed by atoms with Crippen LogP contribution >= 0.6 is 15.9 Å². The lowest BCUT2D eigenvalue weighted by Crippen LogP contribution is -2.19. The number of hydrogen-bond donors (Lipinski definition) is 1. The molecule has 0 radical (unpaired) electrons. The van der Waals surface area contributed by atoms with Gasteiger partial charge in [-0.2, -0.15) is 0 Å². The van der Waals surface area contributed by atoms with E-state index in [1.807, 2.05) is 42.5 Å². The van der Waals surface area contributed by atoms with Crippen LogP contribution in [0.5, 0.6) is 0 Å². The predicted molar refractivity (Wildman–Crippen MR) is 86.3 cm³/mol. The van der Waals surface area contributed by atoms with E-state index >= 15 is 0 Å². The first-order valence-corrected chi connectivity index (χ1v) is 7.96. The highest BCUT2D eigenvalue weighted by atomic mass is 79.9. The molecule has 1 saturated carbocycles. The highest BCUT2D eigenvalue weighted by Crippen LogP contribution is 2.52. The topological polar surface area (TPSA) is 37.3 Å². The normalized spacial score (nSPS) is 21.8. The van der Waals surface area contributed by atoms with Crippen LogP contribution in [-0.2, 0) is 11.2 Å². The fourth-order valence-electron chi connectivity index (χ4n) is 3.08. The molecule has 0 heterocycles. The Balaban J connectivity index is 1.74. The molecule has 1 fully saturated rings. The standard InChI is InChI=1S/C18H17BrO2/c19-14-8-4-5-12(9-14)10-17(18(20)21)16-11-15(16)13-6-2-1-3-7-13/h1-9,15-17H,10-11H2,(H,20,21). The van der Waals surface area contributed by atoms with E-state index in [0.29, 0.717) is 12.3 Å². The average molecular weight is 345 g/mol. The Morgan fingerprint density at radius 2 is 1.95 bits per heavy atom. The second-order valence-corrected chi connectivity index (χ2v) is 6.61. The van der Waals surface area contributed by atoms with Crippen molar-refractivity contribution in [3.63, 3.8) is 0 Å². The van der Waals surface area contributed by atoms with Crippen LogP contribution in [0.15, 0.2) is 59.1 Å². The van der Waals surface area contributed by atoms with Gasteiger partial charge in [0, 0.05) is 4.47 Å². The number of benzene rings is 2. The molecule has 0 amide bonds. The summed E-state index contributed by atoms with van der Waals surface area (Å²) in [6.07, 6.45) is 1.58. The maximum absolute atomic E-state index is 11.6. The van der Waals surface area contributed by atoms with E-state index in [9.17, 15) is 9.90 Å². The molecule has 0 bridgehead atoms. The van der Waals surface area contributed by atoms with Crippen molar-refractivity contribution in [1.82, 2.24) is 0 Å². The van der Waals surface area contributed by atoms with E-state index in [0.717, 1.165) is 16.5 Å². The molecule has 1 aliphatic rings. The van der Waals surface area contributed by atoms with Crippen molar-refractivity contribution >= 4 is 21.9 Å². The van der Waals surface area contributed by atoms with Gasteiger partial charge in [-0.15, -0.1) is 0 Å². The summed E-state index contributed by atoms with van der Waals surface area (Å²) >= 11 is 3.44. The molecule has 3 unspecified atom stereocenters. The summed E-state index contributed by atoms with van der Waals surface area (Å²) in [5, 5.41) is 9.57. The maximum Gasteiger partial charge on any atom is 0.307 e. The Labute approximate surface area is 132 Å². The van der Waals surface area contributed by atoms with Crippen LogP contribution in [0.2, 0.25) is 0 Å². The van der Waals surface area contributed by atoms with E-state index in [4.69, 9.17) is 0 Å². The van der Waals surface area contributed by atoms with Gasteiger partial charge in [0.2, 0.25) is 0 Å². The first kappa shape index (κ1) is 14.3. The molecule has 2 nitrogen and oxygen atoms in total. The van der Waals surface area contributed by atoms with Crippen molar-refractivity contribution in [1.29, 1.82) is 0 Å². The molecule has 3 atom stereocenters. The third-order valence-corrected chi connectivity index (χ3v) is 4.74. The van der Waals surface area contributed by atoms with Crippen LogP contribution in [0.4, 0.5) is 0 Å². The van der Waals surface area contributed by atoms with Crippen molar-refractivity contribution in [3.05, 3.63) is 70.2 Å². The van der Waals surface area contributed by atoms with E-state index in [-0.39, 0.29) is 11.8 Å². The molecule has 2 aromatic carbocycles. The first-order valence-electron chi connectivity index (χ1n) is 7.17. The second kappa shape index (κ2) is 6.02. The van der Waals surface area contributed by atoms with Crippen LogP contribution < -0.4 is 0 Å². The maximum atomic E-state index is 11.6. The van der Waals surface area contributed by atoms with E-state index in [1.165, 1.54) is 5.56 Å². The molecular formula is C18H17BrO2. The molecule has 21 heavy (non-hydrogen) atoms. The molecule has 1 N–H and O–H groups in total. The Kier molecular flexibility index (Phi) is 4.11. The summed E-state index contributed by atoms with van der Waals surface area (Å²) in [5.74, 6) is -0.328. The van der Waals surface area contributed by atoms with Gasteiger partial charge in [0.1, 0.15) is 0 Å². The molecule has 3 rings (SSSR count). The predicted octanol–water partition coefficient (Wildman–Crippen LogP) is 4.50. The van der Waals surface area contributed by atoms with Gasteiger partial charge in [-0.05, 0) is 47.9 Å². The average Bonchev–Trinajstić information content (AvgIpc) is 3.26. The molecule has 2 aromatic rings. The lowest BCUT2D eigenvalue weighted by molar-refractivity contribution is -0.142. The highest BCUT2D eigenvalue weighted by molar-refractivity contribution is 9.10. The minimum absolute atomic E-state index is 0.254. The third kappa shape index (κ3) is 3.35. The molecule has 0 aliphatic heterocycles. The van der Waals surface area contributed by atoms with Gasteiger partial charge in [-0.1, -0.05) is 58.4 Å². The minimum atomic E-state index is -0.682. The van der Waals surface area contributed by atoms with Crippen LogP contribution in [0.25, 0.3) is 0 Å². The fraction of sp³-hybridized carbons (Fsp3) is 0.278. The summed E-state index contributed by atoms with van der Waals surface area (Å²) in [6, 6.07) is 18.2.